The van der Waals surface area contributed by atoms with Crippen LogP contribution in [0.5, 0.6) is 0 Å². The minimum Gasteiger partial charge on any atom is -0.461 e. The lowest BCUT2D eigenvalue weighted by Crippen LogP contribution is -2.38. The zero-order valence-electron chi connectivity index (χ0n) is 18.0. The van der Waals surface area contributed by atoms with Crippen molar-refractivity contribution < 1.29 is 19.1 Å². The highest BCUT2D eigenvalue weighted by molar-refractivity contribution is 9.10. The number of hydrogen-bond donors (Lipinski definition) is 1. The molecule has 8 heteroatoms. The summed E-state index contributed by atoms with van der Waals surface area (Å²) in [7, 11) is 0. The van der Waals surface area contributed by atoms with E-state index in [2.05, 4.69) is 32.8 Å². The van der Waals surface area contributed by atoms with E-state index in [-0.39, 0.29) is 31.0 Å². The number of imidazole rings is 1. The fourth-order valence-electron chi connectivity index (χ4n) is 3.20. The van der Waals surface area contributed by atoms with Crippen LogP contribution in [-0.4, -0.2) is 45.2 Å². The first-order valence-electron chi connectivity index (χ1n) is 10.1. The van der Waals surface area contributed by atoms with Gasteiger partial charge in [-0.1, -0.05) is 35.0 Å². The molecule has 1 N–H and O–H groups in total. The van der Waals surface area contributed by atoms with Crippen molar-refractivity contribution in [3.8, 4) is 11.3 Å². The van der Waals surface area contributed by atoms with Gasteiger partial charge in [0.15, 0.2) is 5.69 Å². The van der Waals surface area contributed by atoms with Crippen LogP contribution in [0.15, 0.2) is 28.7 Å². The van der Waals surface area contributed by atoms with Crippen LogP contribution in [0.3, 0.4) is 0 Å². The first-order valence-corrected chi connectivity index (χ1v) is 10.9. The van der Waals surface area contributed by atoms with E-state index in [4.69, 9.17) is 9.47 Å². The number of nitrogens with one attached hydrogen (secondary N) is 1. The number of benzene rings is 1. The van der Waals surface area contributed by atoms with Crippen LogP contribution >= 0.6 is 15.9 Å². The maximum absolute atomic E-state index is 12.8. The molecule has 0 radical (unpaired) electrons. The van der Waals surface area contributed by atoms with E-state index < -0.39 is 11.6 Å². The Labute approximate surface area is 185 Å². The molecule has 1 fully saturated rings. The number of H-pyrrole nitrogens is 1. The highest BCUT2D eigenvalue weighted by Crippen LogP contribution is 2.37. The second-order valence-corrected chi connectivity index (χ2v) is 9.44. The van der Waals surface area contributed by atoms with E-state index in [1.165, 1.54) is 0 Å². The van der Waals surface area contributed by atoms with E-state index in [9.17, 15) is 9.59 Å². The van der Waals surface area contributed by atoms with E-state index in [0.29, 0.717) is 17.4 Å². The Hall–Kier alpha value is -2.35. The molecule has 7 nitrogen and oxygen atoms in total. The molecule has 162 valence electrons. The summed E-state index contributed by atoms with van der Waals surface area (Å²) in [6.45, 7) is 9.88. The Kier molecular flexibility index (Phi) is 6.55. The summed E-state index contributed by atoms with van der Waals surface area (Å²) in [4.78, 5) is 34.7. The quantitative estimate of drug-likeness (QED) is 0.580. The van der Waals surface area contributed by atoms with Gasteiger partial charge in [0, 0.05) is 16.1 Å². The zero-order valence-corrected chi connectivity index (χ0v) is 19.6. The molecule has 0 saturated heterocycles. The van der Waals surface area contributed by atoms with Crippen LogP contribution in [0.25, 0.3) is 11.3 Å². The number of esters is 1. The summed E-state index contributed by atoms with van der Waals surface area (Å²) in [6.07, 6.45) is 0.542. The smallest absolute Gasteiger partial charge is 0.410 e. The molecule has 0 bridgehead atoms. The lowest BCUT2D eigenvalue weighted by molar-refractivity contribution is 0.0203. The number of amides is 1. The maximum atomic E-state index is 12.8. The minimum atomic E-state index is -0.588. The van der Waals surface area contributed by atoms with Crippen molar-refractivity contribution in [2.75, 3.05) is 6.61 Å². The molecular formula is C22H28BrN3O4. The Bertz CT molecular complexity index is 917. The van der Waals surface area contributed by atoms with Gasteiger partial charge in [0.1, 0.15) is 17.1 Å². The van der Waals surface area contributed by atoms with E-state index in [1.54, 1.807) is 11.8 Å². The van der Waals surface area contributed by atoms with Crippen LogP contribution in [0.4, 0.5) is 4.79 Å². The molecule has 1 aromatic carbocycles. The molecule has 2 aromatic rings. The molecular weight excluding hydrogens is 450 g/mol. The second-order valence-electron chi connectivity index (χ2n) is 8.52. The van der Waals surface area contributed by atoms with Crippen molar-refractivity contribution in [2.45, 2.75) is 59.2 Å². The van der Waals surface area contributed by atoms with Gasteiger partial charge < -0.3 is 14.5 Å². The highest BCUT2D eigenvalue weighted by Gasteiger charge is 2.42. The zero-order chi connectivity index (χ0) is 22.1. The van der Waals surface area contributed by atoms with Crippen molar-refractivity contribution >= 4 is 28.0 Å². The number of hydrogen-bond acceptors (Lipinski definition) is 5. The lowest BCUT2D eigenvalue weighted by Gasteiger charge is -2.27. The number of rotatable bonds is 6. The van der Waals surface area contributed by atoms with Gasteiger partial charge in [-0.15, -0.1) is 0 Å². The van der Waals surface area contributed by atoms with Crippen molar-refractivity contribution in [1.29, 1.82) is 0 Å². The molecule has 1 aliphatic rings. The van der Waals surface area contributed by atoms with Gasteiger partial charge in [-0.3, -0.25) is 4.90 Å². The fourth-order valence-corrected chi connectivity index (χ4v) is 3.47. The first kappa shape index (κ1) is 22.3. The van der Waals surface area contributed by atoms with E-state index >= 15 is 0 Å². The summed E-state index contributed by atoms with van der Waals surface area (Å²) in [5.74, 6) is 0.446. The number of aromatic nitrogens is 2. The Morgan fingerprint density at radius 3 is 2.43 bits per heavy atom. The van der Waals surface area contributed by atoms with Gasteiger partial charge in [-0.2, -0.15) is 0 Å². The largest absolute Gasteiger partial charge is 0.461 e. The third-order valence-electron chi connectivity index (χ3n) is 4.77. The monoisotopic (exact) mass is 477 g/mol. The SMILES string of the molecule is CCOC(=O)c1[nH]c(CN(C(=O)OC(C)(C)C)[C@@H]2CC2C)nc1-c1ccc(Br)cc1. The molecule has 0 aliphatic heterocycles. The van der Waals surface area contributed by atoms with Crippen molar-refractivity contribution in [3.63, 3.8) is 0 Å². The molecule has 2 atom stereocenters. The van der Waals surface area contributed by atoms with Gasteiger partial charge in [0.05, 0.1) is 13.2 Å². The number of carbonyl (C=O) groups excluding carboxylic acids is 2. The summed E-state index contributed by atoms with van der Waals surface area (Å²) < 4.78 is 11.7. The normalized spacial score (nSPS) is 18.1. The Balaban J connectivity index is 1.92. The average Bonchev–Trinajstić information content (AvgIpc) is 3.21. The molecule has 1 aromatic heterocycles. The van der Waals surface area contributed by atoms with Crippen molar-refractivity contribution in [2.24, 2.45) is 5.92 Å². The van der Waals surface area contributed by atoms with Gasteiger partial charge in [0.2, 0.25) is 0 Å². The third kappa shape index (κ3) is 5.41. The number of ether oxygens (including phenoxy) is 2. The van der Waals surface area contributed by atoms with Gasteiger partial charge in [-0.05, 0) is 52.2 Å². The Morgan fingerprint density at radius 2 is 1.90 bits per heavy atom. The number of nitrogens with zero attached hydrogens (tertiary/aromatic N) is 2. The van der Waals surface area contributed by atoms with Gasteiger partial charge >= 0.3 is 12.1 Å². The molecule has 1 heterocycles. The summed E-state index contributed by atoms with van der Waals surface area (Å²) in [5, 5.41) is 0. The fraction of sp³-hybridized carbons (Fsp3) is 0.500. The van der Waals surface area contributed by atoms with E-state index in [0.717, 1.165) is 16.5 Å². The van der Waals surface area contributed by atoms with Crippen molar-refractivity contribution in [3.05, 3.63) is 40.3 Å². The molecule has 0 spiro atoms. The van der Waals surface area contributed by atoms with Crippen LogP contribution in [-0.2, 0) is 16.0 Å². The summed E-state index contributed by atoms with van der Waals surface area (Å²) in [5.41, 5.74) is 0.980. The van der Waals surface area contributed by atoms with Crippen LogP contribution < -0.4 is 0 Å². The predicted octanol–water partition coefficient (Wildman–Crippen LogP) is 5.16. The number of halogens is 1. The second kappa shape index (κ2) is 8.79. The van der Waals surface area contributed by atoms with Crippen LogP contribution in [0.1, 0.15) is 57.4 Å². The highest BCUT2D eigenvalue weighted by atomic mass is 79.9. The van der Waals surface area contributed by atoms with Gasteiger partial charge in [-0.25, -0.2) is 14.6 Å². The molecule has 30 heavy (non-hydrogen) atoms. The standard InChI is InChI=1S/C22H28BrN3O4/c1-6-29-20(27)19-18(14-7-9-15(23)10-8-14)24-17(25-19)12-26(16-11-13(16)2)21(28)30-22(3,4)5/h7-10,13,16H,6,11-12H2,1-5H3,(H,24,25)/t13?,16-/m1/s1. The van der Waals surface area contributed by atoms with Crippen molar-refractivity contribution in [1.82, 2.24) is 14.9 Å². The first-order chi connectivity index (χ1) is 14.1. The van der Waals surface area contributed by atoms with Crippen LogP contribution in [0.2, 0.25) is 0 Å². The van der Waals surface area contributed by atoms with Crippen LogP contribution in [0, 0.1) is 5.92 Å². The van der Waals surface area contributed by atoms with Gasteiger partial charge in [0.25, 0.3) is 0 Å². The molecule has 1 amide bonds. The number of aromatic amines is 1. The molecule has 1 unspecified atom stereocenters. The summed E-state index contributed by atoms with van der Waals surface area (Å²) in [6, 6.07) is 7.63. The van der Waals surface area contributed by atoms with E-state index in [1.807, 2.05) is 45.0 Å². The molecule has 1 aliphatic carbocycles. The predicted molar refractivity (Wildman–Crippen MR) is 117 cm³/mol. The topological polar surface area (TPSA) is 84.5 Å². The minimum absolute atomic E-state index is 0.104. The molecule has 3 rings (SSSR count). The molecule has 1 saturated carbocycles. The third-order valence-corrected chi connectivity index (χ3v) is 5.29. The Morgan fingerprint density at radius 1 is 1.27 bits per heavy atom. The average molecular weight is 478 g/mol. The number of carbonyl (C=O) groups is 2. The maximum Gasteiger partial charge on any atom is 0.410 e. The lowest BCUT2D eigenvalue weighted by atomic mass is 10.1. The summed E-state index contributed by atoms with van der Waals surface area (Å²) >= 11 is 3.42.